The molecule has 0 bridgehead atoms. The number of aromatic nitrogens is 3. The maximum absolute atomic E-state index is 13.0. The number of hydrogen-bond donors (Lipinski definition) is 0. The molecule has 5 nitrogen and oxygen atoms in total. The van der Waals surface area contributed by atoms with Crippen molar-refractivity contribution in [1.82, 2.24) is 14.8 Å². The van der Waals surface area contributed by atoms with Crippen LogP contribution in [0.3, 0.4) is 0 Å². The van der Waals surface area contributed by atoms with E-state index in [-0.39, 0.29) is 11.8 Å². The summed E-state index contributed by atoms with van der Waals surface area (Å²) in [7, 11) is 1.61. The summed E-state index contributed by atoms with van der Waals surface area (Å²) in [4.78, 5) is 17.0. The molecule has 26 heavy (non-hydrogen) atoms. The first-order valence-corrected chi connectivity index (χ1v) is 8.84. The van der Waals surface area contributed by atoms with Gasteiger partial charge >= 0.3 is 0 Å². The lowest BCUT2D eigenvalue weighted by molar-refractivity contribution is 0.0908. The average molecular weight is 349 g/mol. The van der Waals surface area contributed by atoms with E-state index in [1.54, 1.807) is 42.4 Å². The minimum absolute atomic E-state index is 0.0536. The van der Waals surface area contributed by atoms with Gasteiger partial charge in [0.2, 0.25) is 0 Å². The van der Waals surface area contributed by atoms with Gasteiger partial charge in [-0.25, -0.2) is 9.67 Å². The maximum Gasteiger partial charge on any atom is 0.187 e. The molecule has 1 heterocycles. The number of Topliss-reactive ketones (excluding diaryl/α,β-unsaturated/α-hetero) is 1. The number of aryl methyl sites for hydroxylation is 1. The van der Waals surface area contributed by atoms with Gasteiger partial charge in [-0.2, -0.15) is 5.10 Å². The lowest BCUT2D eigenvalue weighted by Crippen LogP contribution is -2.20. The highest BCUT2D eigenvalue weighted by atomic mass is 16.5. The number of ketones is 1. The second-order valence-electron chi connectivity index (χ2n) is 6.22. The molecule has 0 N–H and O–H groups in total. The van der Waals surface area contributed by atoms with Crippen molar-refractivity contribution in [3.8, 4) is 5.75 Å². The number of rotatable bonds is 9. The molecule has 3 rings (SSSR count). The number of benzene rings is 2. The fourth-order valence-electron chi connectivity index (χ4n) is 3.02. The number of unbranched alkanes of at least 4 members (excludes halogenated alkanes) is 1. The van der Waals surface area contributed by atoms with Crippen LogP contribution in [0.1, 0.15) is 41.2 Å². The molecule has 0 aliphatic heterocycles. The van der Waals surface area contributed by atoms with Crippen molar-refractivity contribution < 1.29 is 9.53 Å². The molecule has 5 heteroatoms. The fraction of sp³-hybridized carbons (Fsp3) is 0.286. The molecule has 1 atom stereocenters. The third-order valence-electron chi connectivity index (χ3n) is 4.47. The van der Waals surface area contributed by atoms with Crippen LogP contribution in [-0.4, -0.2) is 27.7 Å². The second kappa shape index (κ2) is 8.94. The van der Waals surface area contributed by atoms with Crippen molar-refractivity contribution in [2.24, 2.45) is 0 Å². The molecule has 2 aromatic carbocycles. The quantitative estimate of drug-likeness (QED) is 0.431. The molecule has 0 spiro atoms. The molecule has 0 aliphatic rings. The summed E-state index contributed by atoms with van der Waals surface area (Å²) >= 11 is 0. The number of carbonyl (C=O) groups excluding carboxylic acids is 1. The molecular weight excluding hydrogens is 326 g/mol. The van der Waals surface area contributed by atoms with Crippen molar-refractivity contribution in [3.63, 3.8) is 0 Å². The van der Waals surface area contributed by atoms with Crippen LogP contribution in [0.15, 0.2) is 67.3 Å². The van der Waals surface area contributed by atoms with E-state index in [9.17, 15) is 4.79 Å². The predicted molar refractivity (Wildman–Crippen MR) is 100 cm³/mol. The van der Waals surface area contributed by atoms with Crippen LogP contribution in [0.5, 0.6) is 5.75 Å². The van der Waals surface area contributed by atoms with Crippen LogP contribution < -0.4 is 4.74 Å². The molecule has 134 valence electrons. The van der Waals surface area contributed by atoms with Gasteiger partial charge in [0.25, 0.3) is 0 Å². The van der Waals surface area contributed by atoms with E-state index in [0.717, 1.165) is 31.4 Å². The smallest absolute Gasteiger partial charge is 0.187 e. The number of ether oxygens (including phenoxy) is 1. The van der Waals surface area contributed by atoms with E-state index < -0.39 is 0 Å². The SMILES string of the molecule is COc1ccc(C(=O)C(CCCCc2ccccc2)n2cncn2)cc1. The lowest BCUT2D eigenvalue weighted by atomic mass is 9.98. The number of methoxy groups -OCH3 is 1. The molecule has 0 saturated heterocycles. The zero-order valence-electron chi connectivity index (χ0n) is 14.9. The Balaban J connectivity index is 1.64. The third kappa shape index (κ3) is 4.57. The Labute approximate surface area is 153 Å². The third-order valence-corrected chi connectivity index (χ3v) is 4.47. The van der Waals surface area contributed by atoms with Crippen molar-refractivity contribution in [2.45, 2.75) is 31.7 Å². The van der Waals surface area contributed by atoms with Crippen LogP contribution in [0, 0.1) is 0 Å². The molecule has 1 unspecified atom stereocenters. The normalized spacial score (nSPS) is 11.9. The summed E-state index contributed by atoms with van der Waals surface area (Å²) in [6.07, 6.45) is 6.82. The summed E-state index contributed by atoms with van der Waals surface area (Å²) in [6.45, 7) is 0. The number of nitrogens with zero attached hydrogens (tertiary/aromatic N) is 3. The maximum atomic E-state index is 13.0. The second-order valence-corrected chi connectivity index (χ2v) is 6.22. The van der Waals surface area contributed by atoms with E-state index in [0.29, 0.717) is 5.56 Å². The first-order chi connectivity index (χ1) is 12.8. The van der Waals surface area contributed by atoms with Gasteiger partial charge in [-0.1, -0.05) is 36.8 Å². The largest absolute Gasteiger partial charge is 0.497 e. The van der Waals surface area contributed by atoms with Gasteiger partial charge < -0.3 is 4.74 Å². The van der Waals surface area contributed by atoms with E-state index in [1.165, 1.54) is 11.9 Å². The van der Waals surface area contributed by atoms with E-state index in [2.05, 4.69) is 34.3 Å². The summed E-state index contributed by atoms with van der Waals surface area (Å²) in [6, 6.07) is 17.3. The highest BCUT2D eigenvalue weighted by Crippen LogP contribution is 2.22. The van der Waals surface area contributed by atoms with Gasteiger partial charge in [0, 0.05) is 5.56 Å². The topological polar surface area (TPSA) is 57.0 Å². The van der Waals surface area contributed by atoms with Crippen LogP contribution in [0.25, 0.3) is 0 Å². The van der Waals surface area contributed by atoms with Gasteiger partial charge in [0.15, 0.2) is 5.78 Å². The van der Waals surface area contributed by atoms with E-state index in [1.807, 2.05) is 6.07 Å². The summed E-state index contributed by atoms with van der Waals surface area (Å²) < 4.78 is 6.83. The van der Waals surface area contributed by atoms with E-state index >= 15 is 0 Å². The Morgan fingerprint density at radius 1 is 1.08 bits per heavy atom. The summed E-state index contributed by atoms with van der Waals surface area (Å²) in [5.41, 5.74) is 1.99. The molecule has 0 aliphatic carbocycles. The summed E-state index contributed by atoms with van der Waals surface area (Å²) in [5, 5.41) is 4.19. The molecule has 1 aromatic heterocycles. The standard InChI is InChI=1S/C21H23N3O2/c1-26-19-13-11-18(12-14-19)21(25)20(24-16-22-15-23-24)10-6-5-9-17-7-3-2-4-8-17/h2-4,7-8,11-16,20H,5-6,9-10H2,1H3. The highest BCUT2D eigenvalue weighted by Gasteiger charge is 2.22. The van der Waals surface area contributed by atoms with Gasteiger partial charge in [-0.15, -0.1) is 0 Å². The Morgan fingerprint density at radius 2 is 1.85 bits per heavy atom. The van der Waals surface area contributed by atoms with Crippen molar-refractivity contribution in [1.29, 1.82) is 0 Å². The van der Waals surface area contributed by atoms with Crippen molar-refractivity contribution in [3.05, 3.63) is 78.4 Å². The Kier molecular flexibility index (Phi) is 6.14. The van der Waals surface area contributed by atoms with Crippen LogP contribution in [0.4, 0.5) is 0 Å². The minimum atomic E-state index is -0.332. The Bertz CT molecular complexity index is 799. The summed E-state index contributed by atoms with van der Waals surface area (Å²) in [5.74, 6) is 0.791. The Hall–Kier alpha value is -2.95. The molecule has 0 saturated carbocycles. The molecule has 3 aromatic rings. The van der Waals surface area contributed by atoms with Crippen molar-refractivity contribution >= 4 is 5.78 Å². The number of hydrogen-bond acceptors (Lipinski definition) is 4. The predicted octanol–water partition coefficient (Wildman–Crippen LogP) is 4.12. The highest BCUT2D eigenvalue weighted by molar-refractivity contribution is 5.99. The van der Waals surface area contributed by atoms with Gasteiger partial charge in [0.05, 0.1) is 7.11 Å². The average Bonchev–Trinajstić information content (AvgIpc) is 3.23. The van der Waals surface area contributed by atoms with Gasteiger partial charge in [-0.3, -0.25) is 4.79 Å². The number of carbonyl (C=O) groups is 1. The lowest BCUT2D eigenvalue weighted by Gasteiger charge is -2.16. The monoisotopic (exact) mass is 349 g/mol. The first-order valence-electron chi connectivity index (χ1n) is 8.84. The molecule has 0 fully saturated rings. The van der Waals surface area contributed by atoms with Crippen LogP contribution >= 0.6 is 0 Å². The first kappa shape index (κ1) is 17.9. The Morgan fingerprint density at radius 3 is 2.50 bits per heavy atom. The van der Waals surface area contributed by atoms with Crippen LogP contribution in [0.2, 0.25) is 0 Å². The molecular formula is C21H23N3O2. The zero-order chi connectivity index (χ0) is 18.2. The molecule has 0 radical (unpaired) electrons. The van der Waals surface area contributed by atoms with Gasteiger partial charge in [-0.05, 0) is 49.1 Å². The minimum Gasteiger partial charge on any atom is -0.497 e. The molecule has 0 amide bonds. The van der Waals surface area contributed by atoms with Crippen LogP contribution in [-0.2, 0) is 6.42 Å². The fourth-order valence-corrected chi connectivity index (χ4v) is 3.02. The zero-order valence-corrected chi connectivity index (χ0v) is 14.9. The van der Waals surface area contributed by atoms with E-state index in [4.69, 9.17) is 4.74 Å². The van der Waals surface area contributed by atoms with Crippen molar-refractivity contribution in [2.75, 3.05) is 7.11 Å². The van der Waals surface area contributed by atoms with Gasteiger partial charge in [0.1, 0.15) is 24.4 Å².